The quantitative estimate of drug-likeness (QED) is 0.270. The minimum Gasteiger partial charge on any atom is -0.454 e. The molecule has 0 spiro atoms. The number of amides is 2. The fraction of sp³-hybridized carbons (Fsp3) is 0.160. The van der Waals surface area contributed by atoms with Crippen LogP contribution in [0.25, 0.3) is 10.9 Å². The first kappa shape index (κ1) is 23.9. The molecule has 184 valence electrons. The molecule has 5 rings (SSSR count). The molecule has 0 radical (unpaired) electrons. The molecule has 36 heavy (non-hydrogen) atoms. The Bertz CT molecular complexity index is 1470. The summed E-state index contributed by atoms with van der Waals surface area (Å²) in [7, 11) is 0. The molecule has 1 aromatic heterocycles. The second-order valence-electron chi connectivity index (χ2n) is 8.15. The van der Waals surface area contributed by atoms with Gasteiger partial charge in [0.1, 0.15) is 0 Å². The summed E-state index contributed by atoms with van der Waals surface area (Å²) < 4.78 is 10.6. The zero-order valence-corrected chi connectivity index (χ0v) is 20.3. The molecule has 9 nitrogen and oxygen atoms in total. The number of H-pyrrole nitrogens is 1. The average Bonchev–Trinajstić information content (AvgIpc) is 3.50. The molecule has 0 bridgehead atoms. The van der Waals surface area contributed by atoms with Crippen LogP contribution >= 0.6 is 23.2 Å². The topological polar surface area (TPSA) is 131 Å². The number of rotatable bonds is 7. The van der Waals surface area contributed by atoms with Crippen molar-refractivity contribution < 1.29 is 19.1 Å². The molecule has 3 aromatic carbocycles. The molecule has 2 amide bonds. The second-order valence-corrected chi connectivity index (χ2v) is 8.96. The predicted molar refractivity (Wildman–Crippen MR) is 138 cm³/mol. The minimum absolute atomic E-state index is 0.121. The van der Waals surface area contributed by atoms with Crippen molar-refractivity contribution in [1.82, 2.24) is 10.2 Å². The Labute approximate surface area is 215 Å². The van der Waals surface area contributed by atoms with Crippen LogP contribution in [0.2, 0.25) is 10.0 Å². The molecule has 5 N–H and O–H groups in total. The molecule has 1 unspecified atom stereocenters. The van der Waals surface area contributed by atoms with E-state index < -0.39 is 5.92 Å². The van der Waals surface area contributed by atoms with Crippen molar-refractivity contribution in [3.63, 3.8) is 0 Å². The summed E-state index contributed by atoms with van der Waals surface area (Å²) in [4.78, 5) is 26.0. The molecule has 1 aliphatic heterocycles. The summed E-state index contributed by atoms with van der Waals surface area (Å²) in [6.45, 7) is 0.436. The lowest BCUT2D eigenvalue weighted by atomic mass is 9.94. The predicted octanol–water partition coefficient (Wildman–Crippen LogP) is 4.92. The molecule has 2 heterocycles. The van der Waals surface area contributed by atoms with Crippen molar-refractivity contribution >= 4 is 57.4 Å². The smallest absolute Gasteiger partial charge is 0.257 e. The normalized spacial score (nSPS) is 13.0. The van der Waals surface area contributed by atoms with Crippen molar-refractivity contribution in [2.45, 2.75) is 12.3 Å². The van der Waals surface area contributed by atoms with Crippen LogP contribution in [0.3, 0.4) is 0 Å². The van der Waals surface area contributed by atoms with Gasteiger partial charge in [-0.25, -0.2) is 0 Å². The number of hydrogen-bond acceptors (Lipinski definition) is 6. The molecule has 0 saturated heterocycles. The van der Waals surface area contributed by atoms with Gasteiger partial charge in [0.2, 0.25) is 12.7 Å². The van der Waals surface area contributed by atoms with E-state index in [2.05, 4.69) is 20.8 Å². The Balaban J connectivity index is 1.36. The average molecular weight is 526 g/mol. The fourth-order valence-electron chi connectivity index (χ4n) is 3.98. The van der Waals surface area contributed by atoms with E-state index in [1.165, 1.54) is 0 Å². The van der Waals surface area contributed by atoms with Gasteiger partial charge in [0.25, 0.3) is 5.91 Å². The zero-order valence-electron chi connectivity index (χ0n) is 18.8. The highest BCUT2D eigenvalue weighted by Gasteiger charge is 2.22. The first-order chi connectivity index (χ1) is 17.4. The largest absolute Gasteiger partial charge is 0.454 e. The summed E-state index contributed by atoms with van der Waals surface area (Å²) >= 11 is 12.2. The first-order valence-electron chi connectivity index (χ1n) is 11.1. The van der Waals surface area contributed by atoms with Crippen molar-refractivity contribution in [3.05, 3.63) is 75.8 Å². The van der Waals surface area contributed by atoms with Crippen LogP contribution in [0, 0.1) is 0 Å². The van der Waals surface area contributed by atoms with Gasteiger partial charge in [-0.15, -0.1) is 0 Å². The summed E-state index contributed by atoms with van der Waals surface area (Å²) in [5.41, 5.74) is 8.10. The third kappa shape index (κ3) is 4.81. The summed E-state index contributed by atoms with van der Waals surface area (Å²) in [5.74, 6) is 0.299. The Morgan fingerprint density at radius 2 is 1.83 bits per heavy atom. The van der Waals surface area contributed by atoms with Gasteiger partial charge in [0.15, 0.2) is 17.3 Å². The number of ether oxygens (including phenoxy) is 2. The van der Waals surface area contributed by atoms with Crippen molar-refractivity contribution in [2.75, 3.05) is 24.0 Å². The summed E-state index contributed by atoms with van der Waals surface area (Å²) in [6, 6.07) is 15.3. The van der Waals surface area contributed by atoms with Crippen molar-refractivity contribution in [1.29, 1.82) is 0 Å². The molecular weight excluding hydrogens is 505 g/mol. The van der Waals surface area contributed by atoms with Crippen LogP contribution in [0.5, 0.6) is 11.5 Å². The summed E-state index contributed by atoms with van der Waals surface area (Å²) in [6.07, 6.45) is 0.425. The van der Waals surface area contributed by atoms with Gasteiger partial charge in [-0.05, 0) is 67.1 Å². The number of aromatic amines is 1. The van der Waals surface area contributed by atoms with Gasteiger partial charge in [-0.2, -0.15) is 5.10 Å². The number of carbonyl (C=O) groups excluding carboxylic acids is 2. The van der Waals surface area contributed by atoms with Gasteiger partial charge in [-0.1, -0.05) is 29.3 Å². The van der Waals surface area contributed by atoms with Gasteiger partial charge in [-0.3, -0.25) is 14.7 Å². The third-order valence-corrected chi connectivity index (χ3v) is 6.55. The molecule has 0 fully saturated rings. The summed E-state index contributed by atoms with van der Waals surface area (Å²) in [5, 5.41) is 14.2. The molecule has 11 heteroatoms. The number of benzene rings is 3. The molecular formula is C25H21Cl2N5O4. The van der Waals surface area contributed by atoms with Gasteiger partial charge >= 0.3 is 0 Å². The molecule has 1 aliphatic rings. The highest BCUT2D eigenvalue weighted by Crippen LogP contribution is 2.33. The number of nitrogens with one attached hydrogen (secondary N) is 3. The highest BCUT2D eigenvalue weighted by molar-refractivity contribution is 6.42. The van der Waals surface area contributed by atoms with Gasteiger partial charge in [0, 0.05) is 16.6 Å². The number of anilines is 2. The van der Waals surface area contributed by atoms with E-state index in [1.807, 2.05) is 0 Å². The van der Waals surface area contributed by atoms with Crippen LogP contribution in [0.15, 0.2) is 54.6 Å². The molecule has 0 aliphatic carbocycles. The van der Waals surface area contributed by atoms with E-state index in [0.717, 1.165) is 0 Å². The van der Waals surface area contributed by atoms with E-state index in [-0.39, 0.29) is 18.6 Å². The highest BCUT2D eigenvalue weighted by atomic mass is 35.5. The monoisotopic (exact) mass is 525 g/mol. The van der Waals surface area contributed by atoms with Crippen molar-refractivity contribution in [2.24, 2.45) is 5.73 Å². The number of carbonyl (C=O) groups is 2. The lowest BCUT2D eigenvalue weighted by molar-refractivity contribution is -0.117. The van der Waals surface area contributed by atoms with E-state index >= 15 is 0 Å². The number of hydrogen-bond donors (Lipinski definition) is 4. The van der Waals surface area contributed by atoms with E-state index in [0.29, 0.717) is 68.0 Å². The lowest BCUT2D eigenvalue weighted by Gasteiger charge is -2.17. The van der Waals surface area contributed by atoms with Crippen molar-refractivity contribution in [3.8, 4) is 11.5 Å². The SMILES string of the molecule is NCCC(C(=O)Nc1ccc2[nH]nc(NC(=O)c3ccc4c(c3)OCO4)c2c1)c1ccc(Cl)c(Cl)c1. The maximum Gasteiger partial charge on any atom is 0.257 e. The zero-order chi connectivity index (χ0) is 25.2. The molecule has 4 aromatic rings. The molecule has 0 saturated carbocycles. The standard InChI is InChI=1S/C25H21Cl2N5O4/c26-18-4-1-13(9-19(18)27)16(7-8-28)25(34)29-15-3-5-20-17(11-15)23(32-31-20)30-24(33)14-2-6-21-22(10-14)36-12-35-21/h1-6,9-11,16H,7-8,12,28H2,(H,29,34)(H2,30,31,32,33). The number of nitrogens with zero attached hydrogens (tertiary/aromatic N) is 1. The van der Waals surface area contributed by atoms with E-state index in [9.17, 15) is 9.59 Å². The number of nitrogens with two attached hydrogens (primary N) is 1. The fourth-order valence-corrected chi connectivity index (χ4v) is 4.29. The Morgan fingerprint density at radius 3 is 2.64 bits per heavy atom. The van der Waals surface area contributed by atoms with E-state index in [1.54, 1.807) is 54.6 Å². The molecule has 1 atom stereocenters. The Hall–Kier alpha value is -3.79. The third-order valence-electron chi connectivity index (χ3n) is 5.81. The Morgan fingerprint density at radius 1 is 1.00 bits per heavy atom. The minimum atomic E-state index is -0.519. The van der Waals surface area contributed by atoms with Gasteiger partial charge < -0.3 is 25.8 Å². The second kappa shape index (κ2) is 10.1. The van der Waals surface area contributed by atoms with Crippen LogP contribution in [0.4, 0.5) is 11.5 Å². The van der Waals surface area contributed by atoms with Crippen LogP contribution < -0.4 is 25.8 Å². The maximum absolute atomic E-state index is 13.2. The van der Waals surface area contributed by atoms with E-state index in [4.69, 9.17) is 38.4 Å². The number of halogens is 2. The maximum atomic E-state index is 13.2. The van der Waals surface area contributed by atoms with Crippen LogP contribution in [-0.4, -0.2) is 35.3 Å². The number of aromatic nitrogens is 2. The Kier molecular flexibility index (Phi) is 6.69. The first-order valence-corrected chi connectivity index (χ1v) is 11.8. The number of fused-ring (bicyclic) bond motifs is 2. The van der Waals surface area contributed by atoms with Gasteiger partial charge in [0.05, 0.1) is 21.5 Å². The van der Waals surface area contributed by atoms with Crippen LogP contribution in [-0.2, 0) is 4.79 Å². The lowest BCUT2D eigenvalue weighted by Crippen LogP contribution is -2.23. The van der Waals surface area contributed by atoms with Crippen LogP contribution in [0.1, 0.15) is 28.3 Å².